The summed E-state index contributed by atoms with van der Waals surface area (Å²) >= 11 is 0. The van der Waals surface area contributed by atoms with Gasteiger partial charge in [0, 0.05) is 6.42 Å². The van der Waals surface area contributed by atoms with E-state index in [0.29, 0.717) is 23.9 Å². The van der Waals surface area contributed by atoms with Crippen molar-refractivity contribution in [1.82, 2.24) is 5.32 Å². The molecule has 0 saturated carbocycles. The third-order valence-electron chi connectivity index (χ3n) is 14.5. The monoisotopic (exact) mass is 1020 g/mol. The molecule has 0 fully saturated rings. The highest BCUT2D eigenvalue weighted by Crippen LogP contribution is 2.43. The summed E-state index contributed by atoms with van der Waals surface area (Å²) in [7, 11) is 1.63. The molecule has 71 heavy (non-hydrogen) atoms. The number of carbonyl (C=O) groups is 1. The molecule has 0 aliphatic rings. The van der Waals surface area contributed by atoms with Gasteiger partial charge in [0.1, 0.15) is 13.2 Å². The zero-order valence-electron chi connectivity index (χ0n) is 48.2. The third kappa shape index (κ3) is 56.5. The summed E-state index contributed by atoms with van der Waals surface area (Å²) in [6.45, 7) is 4.92. The van der Waals surface area contributed by atoms with Crippen LogP contribution in [0.3, 0.4) is 0 Å². The van der Waals surface area contributed by atoms with Crippen molar-refractivity contribution >= 4 is 13.7 Å². The van der Waals surface area contributed by atoms with Crippen molar-refractivity contribution in [3.05, 3.63) is 24.3 Å². The second-order valence-electron chi connectivity index (χ2n) is 22.8. The number of nitrogens with one attached hydrogen (secondary N) is 1. The van der Waals surface area contributed by atoms with Crippen LogP contribution in [-0.4, -0.2) is 73.4 Å². The second-order valence-corrected chi connectivity index (χ2v) is 24.2. The molecule has 3 unspecified atom stereocenters. The lowest BCUT2D eigenvalue weighted by Crippen LogP contribution is -2.46. The zero-order valence-corrected chi connectivity index (χ0v) is 49.1. The SMILES string of the molecule is CCCCCCCCCCCCCCC/C=C\C/C=C\CCCCCCCCCCCCCCCCCCCC(=O)NC(COP(=O)(O)OCC[N+](C)(C)C)C(O)CCCCCCCCCCCCCC. The first-order chi connectivity index (χ1) is 34.5. The Labute approximate surface area is 443 Å². The molecular formula is C62H124N2O6P+. The third-order valence-corrected chi connectivity index (χ3v) is 15.4. The highest BCUT2D eigenvalue weighted by molar-refractivity contribution is 7.47. The highest BCUT2D eigenvalue weighted by atomic mass is 31.2. The van der Waals surface area contributed by atoms with Gasteiger partial charge >= 0.3 is 7.82 Å². The van der Waals surface area contributed by atoms with Crippen molar-refractivity contribution in [1.29, 1.82) is 0 Å². The number of phosphoric ester groups is 1. The number of phosphoric acid groups is 1. The molecule has 0 aliphatic carbocycles. The first kappa shape index (κ1) is 70.0. The number of carbonyl (C=O) groups excluding carboxylic acids is 1. The number of rotatable bonds is 58. The van der Waals surface area contributed by atoms with Crippen molar-refractivity contribution in [2.24, 2.45) is 0 Å². The van der Waals surface area contributed by atoms with Crippen molar-refractivity contribution in [2.45, 2.75) is 328 Å². The lowest BCUT2D eigenvalue weighted by Gasteiger charge is -2.26. The number of likely N-dealkylation sites (N-methyl/N-ethyl adjacent to an activating group) is 1. The molecule has 0 heterocycles. The number of nitrogens with zero attached hydrogens (tertiary/aromatic N) is 1. The molecule has 8 nitrogen and oxygen atoms in total. The van der Waals surface area contributed by atoms with E-state index in [-0.39, 0.29) is 19.1 Å². The summed E-state index contributed by atoms with van der Waals surface area (Å²) < 4.78 is 23.7. The molecule has 0 aromatic heterocycles. The normalized spacial score (nSPS) is 14.0. The second kappa shape index (κ2) is 53.8. The number of hydrogen-bond donors (Lipinski definition) is 3. The van der Waals surface area contributed by atoms with E-state index in [1.165, 1.54) is 244 Å². The van der Waals surface area contributed by atoms with E-state index in [0.717, 1.165) is 44.9 Å². The summed E-state index contributed by atoms with van der Waals surface area (Å²) in [5.41, 5.74) is 0. The van der Waals surface area contributed by atoms with E-state index in [2.05, 4.69) is 43.5 Å². The minimum Gasteiger partial charge on any atom is -0.391 e. The van der Waals surface area contributed by atoms with Crippen molar-refractivity contribution < 1.29 is 32.9 Å². The maximum atomic E-state index is 13.0. The Hall–Kier alpha value is -1.02. The molecular weight excluding hydrogens is 900 g/mol. The summed E-state index contributed by atoms with van der Waals surface area (Å²) in [5, 5.41) is 14.0. The number of unbranched alkanes of at least 4 members (excludes halogenated alkanes) is 41. The lowest BCUT2D eigenvalue weighted by atomic mass is 10.0. The molecule has 0 bridgehead atoms. The van der Waals surface area contributed by atoms with E-state index in [4.69, 9.17) is 9.05 Å². The minimum absolute atomic E-state index is 0.0766. The van der Waals surface area contributed by atoms with Gasteiger partial charge in [-0.05, 0) is 44.9 Å². The summed E-state index contributed by atoms with van der Waals surface area (Å²) in [6.07, 6.45) is 68.4. The number of allylic oxidation sites excluding steroid dienone is 4. The Bertz CT molecular complexity index is 1210. The van der Waals surface area contributed by atoms with Crippen LogP contribution >= 0.6 is 7.82 Å². The summed E-state index contributed by atoms with van der Waals surface area (Å²) in [4.78, 5) is 23.3. The van der Waals surface area contributed by atoms with Gasteiger partial charge in [0.05, 0.1) is 39.9 Å². The van der Waals surface area contributed by atoms with Crippen LogP contribution in [0.5, 0.6) is 0 Å². The molecule has 0 radical (unpaired) electrons. The summed E-state index contributed by atoms with van der Waals surface area (Å²) in [5.74, 6) is -0.141. The van der Waals surface area contributed by atoms with Gasteiger partial charge in [-0.25, -0.2) is 4.57 Å². The van der Waals surface area contributed by atoms with E-state index in [1.54, 1.807) is 0 Å². The van der Waals surface area contributed by atoms with Crippen molar-refractivity contribution in [3.8, 4) is 0 Å². The Kier molecular flexibility index (Phi) is 53.0. The Morgan fingerprint density at radius 2 is 0.803 bits per heavy atom. The Morgan fingerprint density at radius 3 is 1.15 bits per heavy atom. The zero-order chi connectivity index (χ0) is 52.0. The first-order valence-electron chi connectivity index (χ1n) is 31.2. The van der Waals surface area contributed by atoms with Crippen LogP contribution < -0.4 is 5.32 Å². The molecule has 0 aromatic carbocycles. The number of aliphatic hydroxyl groups is 1. The molecule has 3 atom stereocenters. The fraction of sp³-hybridized carbons (Fsp3) is 0.919. The average molecular weight is 1020 g/mol. The molecule has 3 N–H and O–H groups in total. The molecule has 0 aromatic rings. The molecule has 1 amide bonds. The predicted octanol–water partition coefficient (Wildman–Crippen LogP) is 19.2. The Morgan fingerprint density at radius 1 is 0.479 bits per heavy atom. The van der Waals surface area contributed by atoms with Crippen LogP contribution in [0, 0.1) is 0 Å². The van der Waals surface area contributed by atoms with E-state index < -0.39 is 20.0 Å². The highest BCUT2D eigenvalue weighted by Gasteiger charge is 2.28. The van der Waals surface area contributed by atoms with Crippen LogP contribution in [0.1, 0.15) is 316 Å². The standard InChI is InChI=1S/C62H123N2O6P/c1-6-8-10-12-14-16-18-20-21-22-23-24-25-26-27-28-29-30-31-32-33-34-35-36-37-38-39-40-41-42-43-44-46-48-50-52-54-56-62(66)63-60(59-70-71(67,68)69-58-57-64(3,4)5)61(65)55-53-51-49-47-45-19-17-15-13-11-9-7-2/h27-28,30-31,60-61,65H,6-26,29,32-59H2,1-5H3,(H-,63,66,67,68)/p+1/b28-27-,31-30-. The molecule has 0 rings (SSSR count). The number of quaternary nitrogens is 1. The van der Waals surface area contributed by atoms with Crippen LogP contribution in [0.25, 0.3) is 0 Å². The van der Waals surface area contributed by atoms with E-state index in [1.807, 2.05) is 21.1 Å². The van der Waals surface area contributed by atoms with Gasteiger partial charge in [0.2, 0.25) is 5.91 Å². The van der Waals surface area contributed by atoms with Crippen LogP contribution in [0.4, 0.5) is 0 Å². The average Bonchev–Trinajstić information content (AvgIpc) is 3.33. The minimum atomic E-state index is -4.32. The fourth-order valence-corrected chi connectivity index (χ4v) is 10.3. The van der Waals surface area contributed by atoms with Crippen LogP contribution in [-0.2, 0) is 18.4 Å². The predicted molar refractivity (Wildman–Crippen MR) is 309 cm³/mol. The largest absolute Gasteiger partial charge is 0.472 e. The molecule has 9 heteroatoms. The number of aliphatic hydroxyl groups excluding tert-OH is 1. The Balaban J connectivity index is 3.88. The molecule has 0 saturated heterocycles. The molecule has 422 valence electrons. The van der Waals surface area contributed by atoms with Gasteiger partial charge in [-0.2, -0.15) is 0 Å². The van der Waals surface area contributed by atoms with Gasteiger partial charge < -0.3 is 19.8 Å². The van der Waals surface area contributed by atoms with Crippen molar-refractivity contribution in [3.63, 3.8) is 0 Å². The quantitative estimate of drug-likeness (QED) is 0.0243. The van der Waals surface area contributed by atoms with Gasteiger partial charge in [0.25, 0.3) is 0 Å². The van der Waals surface area contributed by atoms with Gasteiger partial charge in [-0.15, -0.1) is 0 Å². The molecule has 0 spiro atoms. The number of amides is 1. The molecule has 0 aliphatic heterocycles. The van der Waals surface area contributed by atoms with Crippen LogP contribution in [0.15, 0.2) is 24.3 Å². The van der Waals surface area contributed by atoms with E-state index >= 15 is 0 Å². The first-order valence-corrected chi connectivity index (χ1v) is 32.7. The topological polar surface area (TPSA) is 105 Å². The van der Waals surface area contributed by atoms with Gasteiger partial charge in [0.15, 0.2) is 0 Å². The maximum absolute atomic E-state index is 13.0. The van der Waals surface area contributed by atoms with Gasteiger partial charge in [-0.1, -0.05) is 289 Å². The fourth-order valence-electron chi connectivity index (χ4n) is 9.55. The van der Waals surface area contributed by atoms with Crippen molar-refractivity contribution in [2.75, 3.05) is 40.9 Å². The summed E-state index contributed by atoms with van der Waals surface area (Å²) in [6, 6.07) is -0.757. The lowest BCUT2D eigenvalue weighted by molar-refractivity contribution is -0.870. The van der Waals surface area contributed by atoms with E-state index in [9.17, 15) is 19.4 Å². The van der Waals surface area contributed by atoms with Gasteiger partial charge in [-0.3, -0.25) is 13.8 Å². The number of hydrogen-bond acceptors (Lipinski definition) is 5. The van der Waals surface area contributed by atoms with Crippen LogP contribution in [0.2, 0.25) is 0 Å². The maximum Gasteiger partial charge on any atom is 0.472 e. The smallest absolute Gasteiger partial charge is 0.391 e.